The zero-order valence-electron chi connectivity index (χ0n) is 15.2. The van der Waals surface area contributed by atoms with Crippen molar-refractivity contribution in [2.75, 3.05) is 26.7 Å². The van der Waals surface area contributed by atoms with Gasteiger partial charge in [-0.15, -0.1) is 0 Å². The molecular weight excluding hydrogens is 448 g/mol. The van der Waals surface area contributed by atoms with Crippen molar-refractivity contribution in [1.82, 2.24) is 14.9 Å². The normalized spacial score (nSPS) is 17.7. The number of sulfonamides is 1. The number of hydrogen-bond acceptors (Lipinski definition) is 5. The lowest BCUT2D eigenvalue weighted by Crippen LogP contribution is -2.59. The van der Waals surface area contributed by atoms with Crippen LogP contribution < -0.4 is 10.0 Å². The smallest absolute Gasteiger partial charge is 0.475 e. The fourth-order valence-corrected chi connectivity index (χ4v) is 3.10. The molecule has 1 atom stereocenters. The summed E-state index contributed by atoms with van der Waals surface area (Å²) >= 11 is 0. The topological polar surface area (TPSA) is 116 Å². The van der Waals surface area contributed by atoms with E-state index in [4.69, 9.17) is 9.90 Å². The first kappa shape index (κ1) is 25.6. The maximum Gasteiger partial charge on any atom is 0.490 e. The molecule has 1 unspecified atom stereocenters. The van der Waals surface area contributed by atoms with E-state index in [9.17, 15) is 39.6 Å². The molecule has 170 valence electrons. The molecule has 1 heterocycles. The second-order valence-electron chi connectivity index (χ2n) is 5.80. The summed E-state index contributed by atoms with van der Waals surface area (Å²) in [7, 11) is -2.57. The van der Waals surface area contributed by atoms with Crippen LogP contribution in [0.4, 0.5) is 26.3 Å². The van der Waals surface area contributed by atoms with Gasteiger partial charge in [0.25, 0.3) is 5.91 Å². The Hall–Kier alpha value is -2.39. The van der Waals surface area contributed by atoms with E-state index in [1.54, 1.807) is 0 Å². The molecule has 1 aromatic carbocycles. The molecule has 0 aliphatic carbocycles. The van der Waals surface area contributed by atoms with Gasteiger partial charge >= 0.3 is 18.3 Å². The number of carboxylic acid groups (broad SMARTS) is 1. The molecule has 1 aliphatic heterocycles. The summed E-state index contributed by atoms with van der Waals surface area (Å²) in [5.74, 6) is -3.60. The van der Waals surface area contributed by atoms with Crippen molar-refractivity contribution >= 4 is 21.9 Å². The van der Waals surface area contributed by atoms with Crippen LogP contribution in [0, 0.1) is 0 Å². The number of alkyl halides is 6. The first-order valence-corrected chi connectivity index (χ1v) is 9.51. The van der Waals surface area contributed by atoms with Gasteiger partial charge in [0.2, 0.25) is 10.0 Å². The van der Waals surface area contributed by atoms with Crippen LogP contribution in [0.5, 0.6) is 0 Å². The molecule has 1 saturated heterocycles. The van der Waals surface area contributed by atoms with Gasteiger partial charge in [-0.3, -0.25) is 4.79 Å². The van der Waals surface area contributed by atoms with Gasteiger partial charge in [0.05, 0.1) is 4.90 Å². The Kier molecular flexibility index (Phi) is 8.22. The minimum Gasteiger partial charge on any atom is -0.475 e. The van der Waals surface area contributed by atoms with Crippen molar-refractivity contribution in [1.29, 1.82) is 0 Å². The van der Waals surface area contributed by atoms with Gasteiger partial charge in [-0.2, -0.15) is 26.3 Å². The highest BCUT2D eigenvalue weighted by molar-refractivity contribution is 7.89. The van der Waals surface area contributed by atoms with Gasteiger partial charge in [-0.1, -0.05) is 6.07 Å². The van der Waals surface area contributed by atoms with E-state index in [2.05, 4.69) is 10.0 Å². The monoisotopic (exact) mass is 465 g/mol. The average Bonchev–Trinajstić information content (AvgIpc) is 2.66. The Bertz CT molecular complexity index is 872. The van der Waals surface area contributed by atoms with Gasteiger partial charge in [0.15, 0.2) is 0 Å². The fraction of sp³-hybridized carbons (Fsp3) is 0.467. The SMILES string of the molecule is CNS(=O)(=O)c1cccc(C(=O)N2CCNCC2C(F)(F)F)c1.O=C(O)C(F)(F)F. The number of carbonyl (C=O) groups is 2. The standard InChI is InChI=1S/C13H16F3N3O3S.C2HF3O2/c1-17-23(21,22)10-4-2-3-9(7-10)12(20)19-6-5-18-8-11(19)13(14,15)16;3-2(4,5)1(6)7/h2-4,7,11,17-18H,5-6,8H2,1H3;(H,6,7). The van der Waals surface area contributed by atoms with E-state index < -0.39 is 40.3 Å². The number of hydrogen-bond donors (Lipinski definition) is 3. The molecule has 0 radical (unpaired) electrons. The first-order chi connectivity index (χ1) is 13.6. The van der Waals surface area contributed by atoms with E-state index in [1.807, 2.05) is 0 Å². The van der Waals surface area contributed by atoms with Gasteiger partial charge in [0, 0.05) is 25.2 Å². The second-order valence-corrected chi connectivity index (χ2v) is 7.68. The molecule has 1 fully saturated rings. The third-order valence-corrected chi connectivity index (χ3v) is 5.20. The first-order valence-electron chi connectivity index (χ1n) is 8.03. The fourth-order valence-electron chi connectivity index (χ4n) is 2.32. The third kappa shape index (κ3) is 6.84. The molecule has 30 heavy (non-hydrogen) atoms. The molecule has 1 amide bonds. The molecule has 0 saturated carbocycles. The summed E-state index contributed by atoms with van der Waals surface area (Å²) in [6.07, 6.45) is -9.64. The Balaban J connectivity index is 0.000000553. The van der Waals surface area contributed by atoms with Crippen LogP contribution in [0.1, 0.15) is 10.4 Å². The molecule has 0 bridgehead atoms. The molecule has 15 heteroatoms. The highest BCUT2D eigenvalue weighted by atomic mass is 32.2. The largest absolute Gasteiger partial charge is 0.490 e. The molecular formula is C15H17F6N3O5S. The van der Waals surface area contributed by atoms with Gasteiger partial charge in [0.1, 0.15) is 6.04 Å². The lowest BCUT2D eigenvalue weighted by molar-refractivity contribution is -0.192. The van der Waals surface area contributed by atoms with Gasteiger partial charge < -0.3 is 15.3 Å². The van der Waals surface area contributed by atoms with Crippen molar-refractivity contribution in [3.05, 3.63) is 29.8 Å². The summed E-state index contributed by atoms with van der Waals surface area (Å²) in [4.78, 5) is 21.9. The number of benzene rings is 1. The summed E-state index contributed by atoms with van der Waals surface area (Å²) in [5, 5.41) is 9.73. The van der Waals surface area contributed by atoms with Crippen LogP contribution >= 0.6 is 0 Å². The predicted molar refractivity (Wildman–Crippen MR) is 90.1 cm³/mol. The zero-order valence-corrected chi connectivity index (χ0v) is 16.0. The number of aliphatic carboxylic acids is 1. The maximum absolute atomic E-state index is 13.1. The Morgan fingerprint density at radius 2 is 1.77 bits per heavy atom. The van der Waals surface area contributed by atoms with Crippen LogP contribution in [0.2, 0.25) is 0 Å². The van der Waals surface area contributed by atoms with Crippen molar-refractivity contribution in [2.24, 2.45) is 0 Å². The van der Waals surface area contributed by atoms with Crippen molar-refractivity contribution in [2.45, 2.75) is 23.3 Å². The lowest BCUT2D eigenvalue weighted by Gasteiger charge is -2.37. The number of nitrogens with zero attached hydrogens (tertiary/aromatic N) is 1. The Morgan fingerprint density at radius 1 is 1.20 bits per heavy atom. The quantitative estimate of drug-likeness (QED) is 0.578. The minimum absolute atomic E-state index is 0.0996. The summed E-state index contributed by atoms with van der Waals surface area (Å²) < 4.78 is 96.5. The van der Waals surface area contributed by atoms with Crippen LogP contribution in [0.25, 0.3) is 0 Å². The number of halogens is 6. The third-order valence-electron chi connectivity index (χ3n) is 3.78. The Morgan fingerprint density at radius 3 is 2.23 bits per heavy atom. The van der Waals surface area contributed by atoms with Crippen LogP contribution in [-0.2, 0) is 14.8 Å². The number of amides is 1. The maximum atomic E-state index is 13.1. The lowest BCUT2D eigenvalue weighted by atomic mass is 10.1. The number of nitrogens with one attached hydrogen (secondary N) is 2. The highest BCUT2D eigenvalue weighted by Gasteiger charge is 2.46. The summed E-state index contributed by atoms with van der Waals surface area (Å²) in [6, 6.07) is 3.02. The van der Waals surface area contributed by atoms with Gasteiger partial charge in [-0.25, -0.2) is 17.9 Å². The van der Waals surface area contributed by atoms with Crippen molar-refractivity contribution < 1.29 is 49.5 Å². The molecule has 1 aliphatic rings. The number of piperazine rings is 1. The minimum atomic E-state index is -5.08. The number of carbonyl (C=O) groups excluding carboxylic acids is 1. The van der Waals surface area contributed by atoms with Crippen molar-refractivity contribution in [3.63, 3.8) is 0 Å². The number of rotatable bonds is 3. The average molecular weight is 465 g/mol. The van der Waals surface area contributed by atoms with Crippen molar-refractivity contribution in [3.8, 4) is 0 Å². The van der Waals surface area contributed by atoms with E-state index in [-0.39, 0.29) is 30.1 Å². The predicted octanol–water partition coefficient (Wildman–Crippen LogP) is 1.20. The van der Waals surface area contributed by atoms with Crippen LogP contribution in [0.15, 0.2) is 29.2 Å². The summed E-state index contributed by atoms with van der Waals surface area (Å²) in [5.41, 5.74) is -0.0996. The number of carboxylic acids is 1. The van der Waals surface area contributed by atoms with Crippen LogP contribution in [-0.4, -0.2) is 75.4 Å². The molecule has 2 rings (SSSR count). The van der Waals surface area contributed by atoms with Gasteiger partial charge in [-0.05, 0) is 25.2 Å². The Labute approximate surface area is 166 Å². The molecule has 8 nitrogen and oxygen atoms in total. The summed E-state index contributed by atoms with van der Waals surface area (Å²) in [6.45, 7) is -0.247. The molecule has 3 N–H and O–H groups in total. The van der Waals surface area contributed by atoms with E-state index in [1.165, 1.54) is 25.2 Å². The van der Waals surface area contributed by atoms with E-state index in [0.717, 1.165) is 11.0 Å². The molecule has 1 aromatic rings. The van der Waals surface area contributed by atoms with E-state index >= 15 is 0 Å². The molecule has 0 spiro atoms. The van der Waals surface area contributed by atoms with E-state index in [0.29, 0.717) is 0 Å². The second kappa shape index (κ2) is 9.61. The zero-order chi connectivity index (χ0) is 23.3. The van der Waals surface area contributed by atoms with Crippen LogP contribution in [0.3, 0.4) is 0 Å². The molecule has 0 aromatic heterocycles. The highest BCUT2D eigenvalue weighted by Crippen LogP contribution is 2.27.